The summed E-state index contributed by atoms with van der Waals surface area (Å²) in [6, 6.07) is 0. The summed E-state index contributed by atoms with van der Waals surface area (Å²) >= 11 is 3.35. The molecule has 0 aliphatic carbocycles. The number of aromatic nitrogens is 2. The van der Waals surface area contributed by atoms with Crippen LogP contribution in [0.3, 0.4) is 0 Å². The lowest BCUT2D eigenvalue weighted by atomic mass is 10.2. The van der Waals surface area contributed by atoms with Crippen LogP contribution in [-0.2, 0) is 6.54 Å². The normalized spacial score (nSPS) is 11.0. The number of anilines is 1. The highest BCUT2D eigenvalue weighted by molar-refractivity contribution is 9.10. The van der Waals surface area contributed by atoms with Gasteiger partial charge in [-0.1, -0.05) is 20.8 Å². The maximum Gasteiger partial charge on any atom is 0.283 e. The second-order valence-electron chi connectivity index (χ2n) is 4.93. The molecule has 0 radical (unpaired) electrons. The topological polar surface area (TPSA) is 59.0 Å². The zero-order chi connectivity index (χ0) is 14.3. The molecule has 0 aromatic carbocycles. The van der Waals surface area contributed by atoms with Crippen LogP contribution in [-0.4, -0.2) is 29.4 Å². The third-order valence-corrected chi connectivity index (χ3v) is 3.33. The van der Waals surface area contributed by atoms with E-state index in [-0.39, 0.29) is 5.56 Å². The molecule has 0 spiro atoms. The highest BCUT2D eigenvalue weighted by Gasteiger charge is 2.09. The largest absolute Gasteiger partial charge is 0.381 e. The molecule has 1 aromatic rings. The van der Waals surface area contributed by atoms with Gasteiger partial charge in [-0.15, -0.1) is 0 Å². The van der Waals surface area contributed by atoms with Crippen molar-refractivity contribution in [2.45, 2.75) is 33.7 Å². The van der Waals surface area contributed by atoms with Crippen molar-refractivity contribution in [3.05, 3.63) is 21.0 Å². The zero-order valence-corrected chi connectivity index (χ0v) is 13.5. The molecule has 0 fully saturated rings. The average Bonchev–Trinajstić information content (AvgIpc) is 2.37. The van der Waals surface area contributed by atoms with E-state index >= 15 is 0 Å². The Hall–Kier alpha value is -0.880. The fraction of sp³-hybridized carbons (Fsp3) is 0.692. The number of halogens is 1. The molecule has 0 saturated carbocycles. The van der Waals surface area contributed by atoms with Crippen LogP contribution in [0.15, 0.2) is 15.5 Å². The summed E-state index contributed by atoms with van der Waals surface area (Å²) in [5.41, 5.74) is 0.670. The first-order valence-corrected chi connectivity index (χ1v) is 7.55. The van der Waals surface area contributed by atoms with Crippen LogP contribution >= 0.6 is 15.9 Å². The summed E-state index contributed by atoms with van der Waals surface area (Å²) in [4.78, 5) is 12.1. The van der Waals surface area contributed by atoms with Crippen LogP contribution in [0.1, 0.15) is 27.2 Å². The minimum Gasteiger partial charge on any atom is -0.381 e. The average molecular weight is 331 g/mol. The van der Waals surface area contributed by atoms with E-state index in [1.165, 1.54) is 4.68 Å². The molecule has 1 heterocycles. The second-order valence-corrected chi connectivity index (χ2v) is 5.72. The van der Waals surface area contributed by atoms with E-state index in [1.807, 2.05) is 0 Å². The van der Waals surface area contributed by atoms with E-state index in [9.17, 15) is 4.79 Å². The van der Waals surface area contributed by atoms with Gasteiger partial charge in [0.2, 0.25) is 0 Å². The summed E-state index contributed by atoms with van der Waals surface area (Å²) in [5, 5.41) is 10.7. The van der Waals surface area contributed by atoms with Crippen molar-refractivity contribution in [3.63, 3.8) is 0 Å². The van der Waals surface area contributed by atoms with Crippen LogP contribution in [0.2, 0.25) is 0 Å². The van der Waals surface area contributed by atoms with Crippen molar-refractivity contribution < 1.29 is 0 Å². The Labute approximate surface area is 122 Å². The van der Waals surface area contributed by atoms with E-state index in [2.05, 4.69) is 52.4 Å². The van der Waals surface area contributed by atoms with Gasteiger partial charge in [0.25, 0.3) is 5.56 Å². The van der Waals surface area contributed by atoms with Gasteiger partial charge in [-0.3, -0.25) is 4.79 Å². The molecule has 0 saturated heterocycles. The first-order chi connectivity index (χ1) is 9.06. The first kappa shape index (κ1) is 16.2. The molecule has 0 aliphatic rings. The van der Waals surface area contributed by atoms with Crippen molar-refractivity contribution in [2.24, 2.45) is 5.92 Å². The number of nitrogens with one attached hydrogen (secondary N) is 2. The Morgan fingerprint density at radius 3 is 2.74 bits per heavy atom. The van der Waals surface area contributed by atoms with Gasteiger partial charge in [-0.2, -0.15) is 5.10 Å². The smallest absolute Gasteiger partial charge is 0.283 e. The van der Waals surface area contributed by atoms with Crippen LogP contribution in [0, 0.1) is 5.92 Å². The van der Waals surface area contributed by atoms with Gasteiger partial charge >= 0.3 is 0 Å². The first-order valence-electron chi connectivity index (χ1n) is 6.76. The molecular weight excluding hydrogens is 308 g/mol. The van der Waals surface area contributed by atoms with Crippen molar-refractivity contribution in [1.82, 2.24) is 15.1 Å². The van der Waals surface area contributed by atoms with E-state index < -0.39 is 0 Å². The molecule has 0 atom stereocenters. The Morgan fingerprint density at radius 2 is 2.11 bits per heavy atom. The Balaban J connectivity index is 2.61. The lowest BCUT2D eigenvalue weighted by Gasteiger charge is -2.12. The molecule has 1 aromatic heterocycles. The molecule has 0 bridgehead atoms. The third-order valence-electron chi connectivity index (χ3n) is 2.57. The summed E-state index contributed by atoms with van der Waals surface area (Å²) in [6.07, 6.45) is 2.82. The standard InChI is InChI=1S/C13H23BrN4O/c1-4-5-15-6-7-16-11-8-17-18(9-10(2)3)13(19)12(11)14/h8,10,15-16H,4-7,9H2,1-3H3. The summed E-state index contributed by atoms with van der Waals surface area (Å²) in [5.74, 6) is 0.397. The van der Waals surface area contributed by atoms with Gasteiger partial charge in [-0.05, 0) is 34.8 Å². The second kappa shape index (κ2) is 8.32. The van der Waals surface area contributed by atoms with Crippen molar-refractivity contribution in [3.8, 4) is 0 Å². The van der Waals surface area contributed by atoms with Gasteiger partial charge in [0.15, 0.2) is 0 Å². The van der Waals surface area contributed by atoms with Gasteiger partial charge < -0.3 is 10.6 Å². The van der Waals surface area contributed by atoms with Gasteiger partial charge in [-0.25, -0.2) is 4.68 Å². The molecule has 19 heavy (non-hydrogen) atoms. The molecule has 108 valence electrons. The summed E-state index contributed by atoms with van der Waals surface area (Å²) in [6.45, 7) is 9.55. The van der Waals surface area contributed by atoms with Crippen LogP contribution < -0.4 is 16.2 Å². The maximum atomic E-state index is 12.1. The maximum absolute atomic E-state index is 12.1. The molecular formula is C13H23BrN4O. The van der Waals surface area contributed by atoms with Crippen molar-refractivity contribution in [2.75, 3.05) is 25.0 Å². The number of rotatable bonds is 8. The lowest BCUT2D eigenvalue weighted by Crippen LogP contribution is -2.28. The Bertz CT molecular complexity index is 445. The molecule has 0 unspecified atom stereocenters. The Morgan fingerprint density at radius 1 is 1.37 bits per heavy atom. The fourth-order valence-electron chi connectivity index (χ4n) is 1.65. The van der Waals surface area contributed by atoms with E-state index in [4.69, 9.17) is 0 Å². The highest BCUT2D eigenvalue weighted by atomic mass is 79.9. The molecule has 5 nitrogen and oxygen atoms in total. The molecule has 1 rings (SSSR count). The van der Waals surface area contributed by atoms with E-state index in [0.29, 0.717) is 16.9 Å². The Kier molecular flexibility index (Phi) is 7.09. The van der Waals surface area contributed by atoms with E-state index in [1.54, 1.807) is 6.20 Å². The minimum atomic E-state index is -0.0831. The zero-order valence-electron chi connectivity index (χ0n) is 11.9. The SMILES string of the molecule is CCCNCCNc1cnn(CC(C)C)c(=O)c1Br. The highest BCUT2D eigenvalue weighted by Crippen LogP contribution is 2.15. The third kappa shape index (κ3) is 5.32. The predicted molar refractivity (Wildman–Crippen MR) is 82.7 cm³/mol. The number of hydrogen-bond donors (Lipinski definition) is 2. The number of nitrogens with zero attached hydrogens (tertiary/aromatic N) is 2. The van der Waals surface area contributed by atoms with E-state index in [0.717, 1.165) is 31.7 Å². The summed E-state index contributed by atoms with van der Waals surface area (Å²) in [7, 11) is 0. The van der Waals surface area contributed by atoms with Crippen LogP contribution in [0.5, 0.6) is 0 Å². The summed E-state index contributed by atoms with van der Waals surface area (Å²) < 4.78 is 2.05. The van der Waals surface area contributed by atoms with Crippen LogP contribution in [0.4, 0.5) is 5.69 Å². The van der Waals surface area contributed by atoms with Gasteiger partial charge in [0.1, 0.15) is 4.47 Å². The van der Waals surface area contributed by atoms with Crippen molar-refractivity contribution in [1.29, 1.82) is 0 Å². The monoisotopic (exact) mass is 330 g/mol. The van der Waals surface area contributed by atoms with Crippen LogP contribution in [0.25, 0.3) is 0 Å². The quantitative estimate of drug-likeness (QED) is 0.716. The molecule has 0 aliphatic heterocycles. The molecule has 0 amide bonds. The van der Waals surface area contributed by atoms with Gasteiger partial charge in [0.05, 0.1) is 11.9 Å². The number of hydrogen-bond acceptors (Lipinski definition) is 4. The minimum absolute atomic E-state index is 0.0831. The predicted octanol–water partition coefficient (Wildman–Crippen LogP) is 2.07. The molecule has 2 N–H and O–H groups in total. The van der Waals surface area contributed by atoms with Gasteiger partial charge in [0, 0.05) is 19.6 Å². The fourth-order valence-corrected chi connectivity index (χ4v) is 2.10. The molecule has 6 heteroatoms. The lowest BCUT2D eigenvalue weighted by molar-refractivity contribution is 0.462. The van der Waals surface area contributed by atoms with Crippen molar-refractivity contribution >= 4 is 21.6 Å².